The fraction of sp³-hybridized carbons (Fsp3) is 0.316. The van der Waals surface area contributed by atoms with Crippen LogP contribution in [0.1, 0.15) is 54.2 Å². The van der Waals surface area contributed by atoms with Gasteiger partial charge in [-0.1, -0.05) is 93.0 Å². The number of nitrogens with one attached hydrogen (secondary N) is 3. The summed E-state index contributed by atoms with van der Waals surface area (Å²) < 4.78 is 0. The fourth-order valence-electron chi connectivity index (χ4n) is 5.64. The Morgan fingerprint density at radius 3 is 2.10 bits per heavy atom. The number of rotatable bonds is 13. The third-order valence-corrected chi connectivity index (χ3v) is 8.41. The molecule has 9 nitrogen and oxygen atoms in total. The lowest BCUT2D eigenvalue weighted by atomic mass is 9.85. The largest absolute Gasteiger partial charge is 0.465 e. The average molecular weight is 671 g/mol. The van der Waals surface area contributed by atoms with Gasteiger partial charge in [0, 0.05) is 28.4 Å². The van der Waals surface area contributed by atoms with Gasteiger partial charge in [0.15, 0.2) is 0 Å². The van der Waals surface area contributed by atoms with Crippen molar-refractivity contribution in [1.29, 1.82) is 0 Å². The van der Waals surface area contributed by atoms with Crippen LogP contribution in [-0.2, 0) is 17.6 Å². The Labute approximate surface area is 286 Å². The number of pyridine rings is 1. The van der Waals surface area contributed by atoms with E-state index in [0.717, 1.165) is 22.4 Å². The highest BCUT2D eigenvalue weighted by molar-refractivity contribution is 6.30. The second-order valence-electron chi connectivity index (χ2n) is 13.1. The molecule has 0 aliphatic carbocycles. The van der Waals surface area contributed by atoms with E-state index >= 15 is 0 Å². The molecule has 0 saturated carbocycles. The molecule has 10 heteroatoms. The second-order valence-corrected chi connectivity index (χ2v) is 13.5. The lowest BCUT2D eigenvalue weighted by Gasteiger charge is -2.33. The van der Waals surface area contributed by atoms with Crippen molar-refractivity contribution in [3.8, 4) is 11.3 Å². The van der Waals surface area contributed by atoms with E-state index in [2.05, 4.69) is 20.9 Å². The Morgan fingerprint density at radius 2 is 1.50 bits per heavy atom. The highest BCUT2D eigenvalue weighted by Gasteiger charge is 2.35. The van der Waals surface area contributed by atoms with Gasteiger partial charge in [-0.25, -0.2) is 4.79 Å². The number of aryl methyl sites for hydroxylation is 1. The summed E-state index contributed by atoms with van der Waals surface area (Å²) in [6, 6.07) is 25.6. The number of amides is 3. The third-order valence-electron chi connectivity index (χ3n) is 8.18. The number of aromatic nitrogens is 1. The van der Waals surface area contributed by atoms with Gasteiger partial charge in [-0.2, -0.15) is 0 Å². The van der Waals surface area contributed by atoms with Crippen molar-refractivity contribution in [3.05, 3.63) is 124 Å². The van der Waals surface area contributed by atoms with Crippen molar-refractivity contribution in [2.24, 2.45) is 5.41 Å². The molecule has 4 atom stereocenters. The monoisotopic (exact) mass is 670 g/mol. The first-order chi connectivity index (χ1) is 22.8. The molecule has 4 rings (SSSR count). The van der Waals surface area contributed by atoms with E-state index in [1.807, 2.05) is 72.8 Å². The number of nitrogens with zero attached hydrogens (tertiary/aromatic N) is 1. The topological polar surface area (TPSA) is 141 Å². The minimum Gasteiger partial charge on any atom is -0.465 e. The molecule has 0 aliphatic rings. The molecule has 252 valence electrons. The van der Waals surface area contributed by atoms with Crippen LogP contribution in [0.15, 0.2) is 97.2 Å². The number of carbonyl (C=O) groups is 3. The first-order valence-corrected chi connectivity index (χ1v) is 16.3. The van der Waals surface area contributed by atoms with Crippen molar-refractivity contribution < 1.29 is 24.6 Å². The summed E-state index contributed by atoms with van der Waals surface area (Å²) in [6.07, 6.45) is 0.0963. The number of aliphatic hydroxyl groups excluding tert-OH is 1. The lowest BCUT2D eigenvalue weighted by Crippen LogP contribution is -2.56. The molecule has 0 aliphatic heterocycles. The molecular weight excluding hydrogens is 628 g/mol. The molecule has 5 N–H and O–H groups in total. The van der Waals surface area contributed by atoms with Crippen LogP contribution in [0.3, 0.4) is 0 Å². The lowest BCUT2D eigenvalue weighted by molar-refractivity contribution is -0.126. The van der Waals surface area contributed by atoms with Gasteiger partial charge < -0.3 is 26.2 Å². The molecule has 4 aromatic rings. The molecule has 0 bridgehead atoms. The summed E-state index contributed by atoms with van der Waals surface area (Å²) in [5, 5.41) is 30.1. The van der Waals surface area contributed by atoms with Gasteiger partial charge >= 0.3 is 6.09 Å². The summed E-state index contributed by atoms with van der Waals surface area (Å²) in [6.45, 7) is 7.12. The van der Waals surface area contributed by atoms with Crippen molar-refractivity contribution in [2.75, 3.05) is 0 Å². The fourth-order valence-corrected chi connectivity index (χ4v) is 5.87. The summed E-state index contributed by atoms with van der Waals surface area (Å²) >= 11 is 6.12. The van der Waals surface area contributed by atoms with Gasteiger partial charge in [0.1, 0.15) is 6.04 Å². The summed E-state index contributed by atoms with van der Waals surface area (Å²) in [5.41, 5.74) is 3.98. The van der Waals surface area contributed by atoms with Crippen LogP contribution in [0.2, 0.25) is 5.02 Å². The molecule has 0 spiro atoms. The minimum atomic E-state index is -1.31. The Kier molecular flexibility index (Phi) is 12.3. The molecule has 3 aromatic carbocycles. The van der Waals surface area contributed by atoms with E-state index < -0.39 is 41.6 Å². The van der Waals surface area contributed by atoms with Crippen molar-refractivity contribution in [2.45, 2.75) is 71.2 Å². The number of carboxylic acid groups (broad SMARTS) is 1. The molecule has 3 amide bonds. The first-order valence-electron chi connectivity index (χ1n) is 15.9. The molecular formula is C38H43ClN4O5. The predicted octanol–water partition coefficient (Wildman–Crippen LogP) is 6.21. The van der Waals surface area contributed by atoms with Crippen LogP contribution in [0.25, 0.3) is 11.3 Å². The number of benzene rings is 3. The summed E-state index contributed by atoms with van der Waals surface area (Å²) in [4.78, 5) is 43.1. The maximum absolute atomic E-state index is 13.6. The number of halogens is 1. The standard InChI is InChI=1S/C38H43ClN4O5/c1-24-20-28(39)17-18-30(24)35(45)42-32(22-25-10-6-5-7-11-25)33(44)23-29(41-36(46)34(38(2,3)4)43-37(47)48)21-26-13-15-27(16-14-26)31-12-8-9-19-40-31/h5-20,29,32-34,43-44H,21-23H2,1-4H3,(H,41,46)(H,42,45)(H,47,48)/t29-,32+,33+,34-/m1/s1. The maximum Gasteiger partial charge on any atom is 0.405 e. The Balaban J connectivity index is 1.62. The number of hydrogen-bond acceptors (Lipinski definition) is 5. The molecule has 0 radical (unpaired) electrons. The molecule has 1 heterocycles. The van der Waals surface area contributed by atoms with E-state index in [0.29, 0.717) is 29.0 Å². The van der Waals surface area contributed by atoms with Gasteiger partial charge in [0.05, 0.1) is 17.8 Å². The normalized spacial score (nSPS) is 13.9. The van der Waals surface area contributed by atoms with Crippen molar-refractivity contribution in [1.82, 2.24) is 20.9 Å². The summed E-state index contributed by atoms with van der Waals surface area (Å²) in [7, 11) is 0. The van der Waals surface area contributed by atoms with Gasteiger partial charge in [0.2, 0.25) is 5.91 Å². The zero-order chi connectivity index (χ0) is 34.8. The zero-order valence-electron chi connectivity index (χ0n) is 27.6. The number of aliphatic hydroxyl groups is 1. The Morgan fingerprint density at radius 1 is 0.833 bits per heavy atom. The number of hydrogen-bond donors (Lipinski definition) is 5. The highest BCUT2D eigenvalue weighted by atomic mass is 35.5. The van der Waals surface area contributed by atoms with Gasteiger partial charge in [-0.05, 0) is 78.6 Å². The van der Waals surface area contributed by atoms with Crippen LogP contribution in [-0.4, -0.2) is 57.3 Å². The van der Waals surface area contributed by atoms with Gasteiger partial charge in [-0.15, -0.1) is 0 Å². The van der Waals surface area contributed by atoms with Crippen LogP contribution < -0.4 is 16.0 Å². The van der Waals surface area contributed by atoms with Crippen molar-refractivity contribution in [3.63, 3.8) is 0 Å². The predicted molar refractivity (Wildman–Crippen MR) is 188 cm³/mol. The SMILES string of the molecule is Cc1cc(Cl)ccc1C(=O)N[C@@H](Cc1ccccc1)[C@@H](O)C[C@@H](Cc1ccc(-c2ccccn2)cc1)NC(=O)[C@@H](NC(=O)O)C(C)(C)C. The maximum atomic E-state index is 13.6. The molecule has 1 aromatic heterocycles. The average Bonchev–Trinajstić information content (AvgIpc) is 3.03. The Bertz CT molecular complexity index is 1680. The highest BCUT2D eigenvalue weighted by Crippen LogP contribution is 2.23. The van der Waals surface area contributed by atoms with E-state index in [9.17, 15) is 24.6 Å². The number of carbonyl (C=O) groups excluding carboxylic acids is 2. The van der Waals surface area contributed by atoms with Gasteiger partial charge in [-0.3, -0.25) is 14.6 Å². The molecule has 0 saturated heterocycles. The molecule has 48 heavy (non-hydrogen) atoms. The Hall–Kier alpha value is -4.73. The van der Waals surface area contributed by atoms with Crippen LogP contribution in [0.4, 0.5) is 4.79 Å². The van der Waals surface area contributed by atoms with E-state index in [1.54, 1.807) is 52.1 Å². The quantitative estimate of drug-likeness (QED) is 0.115. The van der Waals surface area contributed by atoms with Gasteiger partial charge in [0.25, 0.3) is 5.91 Å². The van der Waals surface area contributed by atoms with Crippen LogP contribution in [0.5, 0.6) is 0 Å². The third kappa shape index (κ3) is 10.4. The van der Waals surface area contributed by atoms with E-state index in [1.165, 1.54) is 0 Å². The zero-order valence-corrected chi connectivity index (χ0v) is 28.4. The van der Waals surface area contributed by atoms with Crippen molar-refractivity contribution >= 4 is 29.5 Å². The van der Waals surface area contributed by atoms with Crippen LogP contribution >= 0.6 is 11.6 Å². The second kappa shape index (κ2) is 16.4. The first kappa shape index (κ1) is 36.1. The molecule has 0 unspecified atom stereocenters. The van der Waals surface area contributed by atoms with E-state index in [-0.39, 0.29) is 12.3 Å². The smallest absolute Gasteiger partial charge is 0.405 e. The van der Waals surface area contributed by atoms with E-state index in [4.69, 9.17) is 11.6 Å². The van der Waals surface area contributed by atoms with Crippen LogP contribution in [0, 0.1) is 12.3 Å². The molecule has 0 fully saturated rings. The minimum absolute atomic E-state index is 0.0784. The summed E-state index contributed by atoms with van der Waals surface area (Å²) in [5.74, 6) is -0.860.